The monoisotopic (exact) mass is 930 g/mol. The molecular weight excluding hydrogens is 872 g/mol. The van der Waals surface area contributed by atoms with Crippen molar-refractivity contribution in [2.24, 2.45) is 0 Å². The van der Waals surface area contributed by atoms with E-state index in [0.29, 0.717) is 6.42 Å². The van der Waals surface area contributed by atoms with Crippen molar-refractivity contribution in [3.8, 4) is 23.0 Å². The van der Waals surface area contributed by atoms with Crippen molar-refractivity contribution >= 4 is 28.3 Å². The van der Waals surface area contributed by atoms with E-state index in [1.165, 1.54) is 60.9 Å². The van der Waals surface area contributed by atoms with Crippen LogP contribution in [0.3, 0.4) is 0 Å². The quantitative estimate of drug-likeness (QED) is 0.115. The number of aliphatic hydroxyl groups is 2. The first-order chi connectivity index (χ1) is 31.5. The van der Waals surface area contributed by atoms with Crippen LogP contribution in [0.2, 0.25) is 0 Å². The molecule has 3 aromatic carbocycles. The number of aliphatic hydroxyl groups excluding tert-OH is 2. The summed E-state index contributed by atoms with van der Waals surface area (Å²) in [6.45, 7) is 6.90. The summed E-state index contributed by atoms with van der Waals surface area (Å²) in [5.74, 6) is -4.77. The van der Waals surface area contributed by atoms with Crippen LogP contribution in [0.15, 0.2) is 24.3 Å². The second-order valence-electron chi connectivity index (χ2n) is 16.7. The van der Waals surface area contributed by atoms with Gasteiger partial charge in [0.1, 0.15) is 83.5 Å². The summed E-state index contributed by atoms with van der Waals surface area (Å²) in [5.41, 5.74) is -1.59. The normalized spacial score (nSPS) is 33.4. The molecule has 3 heterocycles. The van der Waals surface area contributed by atoms with Crippen molar-refractivity contribution in [3.05, 3.63) is 57.6 Å². The van der Waals surface area contributed by atoms with Crippen molar-refractivity contribution < 1.29 is 96.8 Å². The van der Waals surface area contributed by atoms with Crippen LogP contribution in [0.4, 0.5) is 0 Å². The number of fused-ring (bicyclic) bond motifs is 3. The van der Waals surface area contributed by atoms with Crippen LogP contribution in [0.25, 0.3) is 10.8 Å². The smallest absolute Gasteiger partial charge is 0.339 e. The molecule has 5 N–H and O–H groups in total. The SMILES string of the molecule is CCCc1c(C(=O)O)c(OC2OC(C)C(OC)C(OC)C2OC)cc2cc3c(c(O)c12)C(=O)c1c(O)cc(OC2OC(C)C(OC4OC(C)C(OC)C(OC)C4O)C(OC)C2O)cc1C3=O. The van der Waals surface area contributed by atoms with Gasteiger partial charge in [-0.1, -0.05) is 13.3 Å². The Morgan fingerprint density at radius 3 is 1.74 bits per heavy atom. The number of phenolic OH excluding ortho intramolecular Hbond substituents is 2. The summed E-state index contributed by atoms with van der Waals surface area (Å²) in [7, 11) is 8.61. The largest absolute Gasteiger partial charge is 0.507 e. The number of carbonyl (C=O) groups excluding carboxylic acids is 2. The molecule has 15 atom stereocenters. The van der Waals surface area contributed by atoms with Gasteiger partial charge in [0.2, 0.25) is 18.4 Å². The highest BCUT2D eigenvalue weighted by Crippen LogP contribution is 2.46. The highest BCUT2D eigenvalue weighted by atomic mass is 16.7. The molecule has 0 spiro atoms. The average molecular weight is 931 g/mol. The lowest BCUT2D eigenvalue weighted by Gasteiger charge is -2.47. The zero-order chi connectivity index (χ0) is 48.0. The van der Waals surface area contributed by atoms with Crippen LogP contribution in [0, 0.1) is 0 Å². The number of carbonyl (C=O) groups is 3. The zero-order valence-electron chi connectivity index (χ0n) is 38.2. The highest BCUT2D eigenvalue weighted by Gasteiger charge is 2.52. The maximum absolute atomic E-state index is 14.5. The van der Waals surface area contributed by atoms with Crippen LogP contribution >= 0.6 is 0 Å². The van der Waals surface area contributed by atoms with E-state index in [2.05, 4.69) is 0 Å². The van der Waals surface area contributed by atoms with Gasteiger partial charge in [-0.25, -0.2) is 4.79 Å². The Balaban J connectivity index is 1.21. The number of ether oxygens (including phenoxy) is 12. The molecule has 362 valence electrons. The van der Waals surface area contributed by atoms with Crippen LogP contribution in [-0.2, 0) is 53.8 Å². The Kier molecular flexibility index (Phi) is 14.9. The summed E-state index contributed by atoms with van der Waals surface area (Å²) >= 11 is 0. The van der Waals surface area contributed by atoms with Crippen molar-refractivity contribution in [1.29, 1.82) is 0 Å². The number of aromatic carboxylic acids is 1. The Hall–Kier alpha value is -4.55. The minimum Gasteiger partial charge on any atom is -0.507 e. The van der Waals surface area contributed by atoms with E-state index in [4.69, 9.17) is 56.8 Å². The highest BCUT2D eigenvalue weighted by molar-refractivity contribution is 6.32. The molecule has 66 heavy (non-hydrogen) atoms. The number of hydrogen-bond donors (Lipinski definition) is 5. The molecule has 15 unspecified atom stereocenters. The Morgan fingerprint density at radius 1 is 0.621 bits per heavy atom. The van der Waals surface area contributed by atoms with Gasteiger partial charge in [0.05, 0.1) is 29.4 Å². The van der Waals surface area contributed by atoms with Gasteiger partial charge in [0.25, 0.3) is 0 Å². The van der Waals surface area contributed by atoms with Crippen molar-refractivity contribution in [2.45, 2.75) is 133 Å². The lowest BCUT2D eigenvalue weighted by Crippen LogP contribution is -2.64. The van der Waals surface area contributed by atoms with E-state index in [1.807, 2.05) is 0 Å². The molecule has 3 fully saturated rings. The number of aryl methyl sites for hydroxylation is 1. The molecule has 0 bridgehead atoms. The molecular formula is C46H58O20. The first kappa shape index (κ1) is 49.4. The van der Waals surface area contributed by atoms with E-state index in [0.717, 1.165) is 6.07 Å². The number of hydrogen-bond acceptors (Lipinski definition) is 19. The van der Waals surface area contributed by atoms with Gasteiger partial charge in [0, 0.05) is 65.2 Å². The van der Waals surface area contributed by atoms with Gasteiger partial charge < -0.3 is 82.4 Å². The summed E-state index contributed by atoms with van der Waals surface area (Å²) in [4.78, 5) is 41.9. The molecule has 0 amide bonds. The number of rotatable bonds is 15. The Bertz CT molecular complexity index is 2300. The van der Waals surface area contributed by atoms with Gasteiger partial charge in [-0.2, -0.15) is 0 Å². The number of carboxylic acid groups (broad SMARTS) is 1. The van der Waals surface area contributed by atoms with Crippen LogP contribution in [0.1, 0.15) is 81.9 Å². The van der Waals surface area contributed by atoms with Crippen molar-refractivity contribution in [2.75, 3.05) is 42.7 Å². The number of ketones is 2. The molecule has 3 saturated heterocycles. The third-order valence-electron chi connectivity index (χ3n) is 12.9. The van der Waals surface area contributed by atoms with Gasteiger partial charge >= 0.3 is 5.97 Å². The van der Waals surface area contributed by atoms with E-state index < -0.39 is 132 Å². The fraction of sp³-hybridized carbons (Fsp3) is 0.587. The van der Waals surface area contributed by atoms with Gasteiger partial charge in [-0.05, 0) is 56.3 Å². The fourth-order valence-corrected chi connectivity index (χ4v) is 9.77. The Labute approximate surface area is 380 Å². The molecule has 1 aliphatic carbocycles. The number of phenols is 2. The minimum atomic E-state index is -1.55. The Morgan fingerprint density at radius 2 is 1.15 bits per heavy atom. The molecule has 0 radical (unpaired) electrons. The van der Waals surface area contributed by atoms with Crippen LogP contribution in [0.5, 0.6) is 23.0 Å². The van der Waals surface area contributed by atoms with Crippen molar-refractivity contribution in [3.63, 3.8) is 0 Å². The van der Waals surface area contributed by atoms with E-state index in [-0.39, 0.29) is 50.9 Å². The van der Waals surface area contributed by atoms with Crippen LogP contribution < -0.4 is 9.47 Å². The maximum atomic E-state index is 14.5. The van der Waals surface area contributed by atoms with Crippen LogP contribution in [-0.4, -0.2) is 178 Å². The standard InChI is InChI=1S/C46H58O20/c1-11-12-22-27-20(14-26(29(22)43(53)54)65-46-42(60-10)41(59-9)37(56-6)18(3)63-46)13-23-30(32(27)49)33(50)28-24(31(23)48)15-21(16-25(28)47)64-44-35(52)40(58-8)38(19(4)62-44)66-45-34(51)39(57-7)36(55-5)17(2)61-45/h13-19,34-42,44-47,49,51-52H,11-12H2,1-10H3,(H,53,54). The van der Waals surface area contributed by atoms with Gasteiger partial charge in [-0.15, -0.1) is 0 Å². The van der Waals surface area contributed by atoms with E-state index >= 15 is 0 Å². The number of aromatic hydroxyl groups is 2. The average Bonchev–Trinajstić information content (AvgIpc) is 3.27. The molecule has 20 nitrogen and oxygen atoms in total. The second kappa shape index (κ2) is 20.0. The number of benzene rings is 3. The number of methoxy groups -OCH3 is 6. The summed E-state index contributed by atoms with van der Waals surface area (Å²) < 4.78 is 70.2. The van der Waals surface area contributed by atoms with Crippen molar-refractivity contribution in [1.82, 2.24) is 0 Å². The maximum Gasteiger partial charge on any atom is 0.339 e. The zero-order valence-corrected chi connectivity index (χ0v) is 38.2. The minimum absolute atomic E-state index is 0.00382. The lowest BCUT2D eigenvalue weighted by molar-refractivity contribution is -0.349. The summed E-state index contributed by atoms with van der Waals surface area (Å²) in [6.07, 6.45) is -13.8. The molecule has 3 aliphatic heterocycles. The fourth-order valence-electron chi connectivity index (χ4n) is 9.77. The number of carboxylic acids is 1. The molecule has 20 heteroatoms. The summed E-state index contributed by atoms with van der Waals surface area (Å²) in [5, 5.41) is 56.7. The summed E-state index contributed by atoms with van der Waals surface area (Å²) in [6, 6.07) is 4.95. The topological polar surface area (TPSA) is 263 Å². The third kappa shape index (κ3) is 8.51. The van der Waals surface area contributed by atoms with Gasteiger partial charge in [0.15, 0.2) is 12.1 Å². The lowest BCUT2D eigenvalue weighted by atomic mass is 9.80. The predicted molar refractivity (Wildman–Crippen MR) is 227 cm³/mol. The first-order valence-electron chi connectivity index (χ1n) is 21.5. The predicted octanol–water partition coefficient (Wildman–Crippen LogP) is 2.87. The van der Waals surface area contributed by atoms with E-state index in [1.54, 1.807) is 27.7 Å². The first-order valence-corrected chi connectivity index (χ1v) is 21.5. The third-order valence-corrected chi connectivity index (χ3v) is 12.9. The molecule has 0 aromatic heterocycles. The molecule has 3 aromatic rings. The second-order valence-corrected chi connectivity index (χ2v) is 16.7. The van der Waals surface area contributed by atoms with Gasteiger partial charge in [-0.3, -0.25) is 9.59 Å². The molecule has 7 rings (SSSR count). The molecule has 0 saturated carbocycles. The molecule has 4 aliphatic rings. The van der Waals surface area contributed by atoms with E-state index in [9.17, 15) is 39.9 Å².